The highest BCUT2D eigenvalue weighted by molar-refractivity contribution is 7.89. The van der Waals surface area contributed by atoms with E-state index in [1.165, 1.54) is 10.4 Å². The molecule has 0 saturated carbocycles. The number of aromatic nitrogens is 1. The van der Waals surface area contributed by atoms with Crippen molar-refractivity contribution in [1.29, 1.82) is 0 Å². The zero-order chi connectivity index (χ0) is 19.3. The molecule has 1 aliphatic rings. The number of H-pyrrole nitrogens is 1. The molecule has 1 N–H and O–H groups in total. The quantitative estimate of drug-likeness (QED) is 0.703. The summed E-state index contributed by atoms with van der Waals surface area (Å²) in [6, 6.07) is 8.84. The first kappa shape index (κ1) is 18.3. The summed E-state index contributed by atoms with van der Waals surface area (Å²) < 4.78 is 46.3. The van der Waals surface area contributed by atoms with Gasteiger partial charge in [0, 0.05) is 23.1 Å². The molecule has 2 heterocycles. The van der Waals surface area contributed by atoms with Crippen LogP contribution in [0.4, 0.5) is 4.39 Å². The Kier molecular flexibility index (Phi) is 4.41. The van der Waals surface area contributed by atoms with Gasteiger partial charge in [0.25, 0.3) is 0 Å². The van der Waals surface area contributed by atoms with Crippen molar-refractivity contribution >= 4 is 32.5 Å². The summed E-state index contributed by atoms with van der Waals surface area (Å²) in [6.07, 6.45) is 0.570. The van der Waals surface area contributed by atoms with E-state index in [4.69, 9.17) is 16.3 Å². The first-order valence-corrected chi connectivity index (χ1v) is 10.3. The van der Waals surface area contributed by atoms with Crippen molar-refractivity contribution in [2.75, 3.05) is 13.7 Å². The van der Waals surface area contributed by atoms with Gasteiger partial charge < -0.3 is 9.72 Å². The molecule has 3 aromatic rings. The van der Waals surface area contributed by atoms with Crippen LogP contribution in [0.25, 0.3) is 10.9 Å². The van der Waals surface area contributed by atoms with E-state index in [2.05, 4.69) is 4.98 Å². The van der Waals surface area contributed by atoms with Crippen LogP contribution < -0.4 is 4.74 Å². The number of ether oxygens (including phenoxy) is 1. The average molecular weight is 409 g/mol. The van der Waals surface area contributed by atoms with Crippen LogP contribution in [0.3, 0.4) is 0 Å². The highest BCUT2D eigenvalue weighted by atomic mass is 35.5. The Morgan fingerprint density at radius 3 is 2.74 bits per heavy atom. The van der Waals surface area contributed by atoms with Gasteiger partial charge in [0.2, 0.25) is 10.0 Å². The van der Waals surface area contributed by atoms with Gasteiger partial charge in [0.1, 0.15) is 11.6 Å². The first-order valence-electron chi connectivity index (χ1n) is 8.48. The van der Waals surface area contributed by atoms with Crippen LogP contribution in [0, 0.1) is 5.82 Å². The number of nitrogens with one attached hydrogen (secondary N) is 1. The number of hydrogen-bond donors (Lipinski definition) is 1. The third kappa shape index (κ3) is 2.90. The molecule has 0 amide bonds. The van der Waals surface area contributed by atoms with Gasteiger partial charge >= 0.3 is 0 Å². The number of rotatable bonds is 3. The van der Waals surface area contributed by atoms with Crippen LogP contribution in [-0.2, 0) is 16.4 Å². The minimum absolute atomic E-state index is 0.0121. The van der Waals surface area contributed by atoms with E-state index >= 15 is 0 Å². The Labute approximate surface area is 161 Å². The molecule has 27 heavy (non-hydrogen) atoms. The number of fused-ring (bicyclic) bond motifs is 3. The molecule has 4 rings (SSSR count). The van der Waals surface area contributed by atoms with E-state index in [0.717, 1.165) is 40.0 Å². The van der Waals surface area contributed by atoms with Crippen molar-refractivity contribution in [2.24, 2.45) is 0 Å². The molecule has 5 nitrogen and oxygen atoms in total. The maximum Gasteiger partial charge on any atom is 0.243 e. The molecular weight excluding hydrogens is 391 g/mol. The second-order valence-corrected chi connectivity index (χ2v) is 8.84. The number of benzene rings is 2. The van der Waals surface area contributed by atoms with Gasteiger partial charge in [-0.3, -0.25) is 0 Å². The van der Waals surface area contributed by atoms with Crippen LogP contribution in [0.15, 0.2) is 41.3 Å². The molecule has 0 radical (unpaired) electrons. The molecule has 142 valence electrons. The SMILES string of the molecule is COc1ccc2[nH]c3c(c2c1)CCN(S(=O)(=O)c1ccc(F)c(Cl)c1)C3C. The molecule has 0 spiro atoms. The molecule has 8 heteroatoms. The van der Waals surface area contributed by atoms with Crippen LogP contribution in [0.2, 0.25) is 5.02 Å². The zero-order valence-corrected chi connectivity index (χ0v) is 16.4. The molecule has 0 bridgehead atoms. The summed E-state index contributed by atoms with van der Waals surface area (Å²) in [6.45, 7) is 2.17. The monoisotopic (exact) mass is 408 g/mol. The third-order valence-corrected chi connectivity index (χ3v) is 7.33. The Bertz CT molecular complexity index is 1140. The van der Waals surface area contributed by atoms with Gasteiger partial charge in [-0.05, 0) is 55.3 Å². The molecule has 1 atom stereocenters. The van der Waals surface area contributed by atoms with Crippen LogP contribution in [0.5, 0.6) is 5.75 Å². The van der Waals surface area contributed by atoms with Gasteiger partial charge in [-0.25, -0.2) is 12.8 Å². The van der Waals surface area contributed by atoms with Crippen molar-refractivity contribution < 1.29 is 17.5 Å². The topological polar surface area (TPSA) is 62.4 Å². The summed E-state index contributed by atoms with van der Waals surface area (Å²) in [5.74, 6) is 0.113. The van der Waals surface area contributed by atoms with Gasteiger partial charge in [0.05, 0.1) is 23.1 Å². The Morgan fingerprint density at radius 1 is 1.26 bits per heavy atom. The van der Waals surface area contributed by atoms with E-state index in [0.29, 0.717) is 13.0 Å². The molecule has 2 aromatic carbocycles. The van der Waals surface area contributed by atoms with Crippen molar-refractivity contribution in [3.05, 3.63) is 58.5 Å². The zero-order valence-electron chi connectivity index (χ0n) is 14.8. The lowest BCUT2D eigenvalue weighted by Gasteiger charge is -2.32. The largest absolute Gasteiger partial charge is 0.497 e. The first-order chi connectivity index (χ1) is 12.8. The number of methoxy groups -OCH3 is 1. The van der Waals surface area contributed by atoms with Gasteiger partial charge in [-0.2, -0.15) is 4.31 Å². The maximum atomic E-state index is 13.4. The number of aromatic amines is 1. The predicted molar refractivity (Wildman–Crippen MR) is 102 cm³/mol. The molecular formula is C19H18ClFN2O3S. The number of halogens is 2. The van der Waals surface area contributed by atoms with Crippen molar-refractivity contribution in [3.63, 3.8) is 0 Å². The fourth-order valence-electron chi connectivity index (χ4n) is 3.66. The van der Waals surface area contributed by atoms with Crippen LogP contribution in [-0.4, -0.2) is 31.4 Å². The molecule has 0 aliphatic carbocycles. The second kappa shape index (κ2) is 6.51. The predicted octanol–water partition coefficient (Wildman–Crippen LogP) is 4.28. The van der Waals surface area contributed by atoms with Crippen LogP contribution >= 0.6 is 11.6 Å². The number of nitrogens with zero attached hydrogens (tertiary/aromatic N) is 1. The standard InChI is InChI=1S/C19H18ClFN2O3S/c1-11-19-14(15-9-12(26-2)3-6-18(15)22-19)7-8-23(11)27(24,25)13-4-5-17(21)16(20)10-13/h3-6,9-11,22H,7-8H2,1-2H3. The molecule has 0 fully saturated rings. The Balaban J connectivity index is 1.76. The summed E-state index contributed by atoms with van der Waals surface area (Å²) in [5.41, 5.74) is 2.90. The van der Waals surface area contributed by atoms with E-state index in [9.17, 15) is 12.8 Å². The van der Waals surface area contributed by atoms with E-state index in [1.54, 1.807) is 7.11 Å². The number of hydrogen-bond acceptors (Lipinski definition) is 3. The second-order valence-electron chi connectivity index (χ2n) is 6.55. The molecule has 1 aliphatic heterocycles. The number of sulfonamides is 1. The fraction of sp³-hybridized carbons (Fsp3) is 0.263. The summed E-state index contributed by atoms with van der Waals surface area (Å²) in [4.78, 5) is 3.33. The lowest BCUT2D eigenvalue weighted by molar-refractivity contribution is 0.322. The molecule has 1 aromatic heterocycles. The van der Waals surface area contributed by atoms with Gasteiger partial charge in [0.15, 0.2) is 0 Å². The van der Waals surface area contributed by atoms with Crippen LogP contribution in [0.1, 0.15) is 24.2 Å². The Hall–Kier alpha value is -2.09. The third-order valence-electron chi connectivity index (χ3n) is 5.08. The molecule has 1 unspecified atom stereocenters. The van der Waals surface area contributed by atoms with Gasteiger partial charge in [-0.1, -0.05) is 11.6 Å². The highest BCUT2D eigenvalue weighted by Gasteiger charge is 2.36. The van der Waals surface area contributed by atoms with E-state index in [1.807, 2.05) is 25.1 Å². The Morgan fingerprint density at radius 2 is 2.04 bits per heavy atom. The van der Waals surface area contributed by atoms with E-state index < -0.39 is 15.8 Å². The minimum atomic E-state index is -3.81. The normalized spacial score (nSPS) is 17.9. The summed E-state index contributed by atoms with van der Waals surface area (Å²) in [7, 11) is -2.19. The minimum Gasteiger partial charge on any atom is -0.497 e. The van der Waals surface area contributed by atoms with Crippen molar-refractivity contribution in [2.45, 2.75) is 24.3 Å². The smallest absolute Gasteiger partial charge is 0.243 e. The highest BCUT2D eigenvalue weighted by Crippen LogP contribution is 2.38. The average Bonchev–Trinajstić information content (AvgIpc) is 3.02. The maximum absolute atomic E-state index is 13.4. The fourth-order valence-corrected chi connectivity index (χ4v) is 5.54. The van der Waals surface area contributed by atoms with Crippen molar-refractivity contribution in [3.8, 4) is 5.75 Å². The van der Waals surface area contributed by atoms with Crippen molar-refractivity contribution in [1.82, 2.24) is 9.29 Å². The van der Waals surface area contributed by atoms with Gasteiger partial charge in [-0.15, -0.1) is 0 Å². The van der Waals surface area contributed by atoms with E-state index in [-0.39, 0.29) is 16.0 Å². The lowest BCUT2D eigenvalue weighted by atomic mass is 10.0. The lowest BCUT2D eigenvalue weighted by Crippen LogP contribution is -2.38. The summed E-state index contributed by atoms with van der Waals surface area (Å²) in [5, 5.41) is 0.831. The molecule has 0 saturated heterocycles. The summed E-state index contributed by atoms with van der Waals surface area (Å²) >= 11 is 5.78.